The number of hydrogen-bond acceptors (Lipinski definition) is 4. The highest BCUT2D eigenvalue weighted by Gasteiger charge is 2.35. The molecule has 5 nitrogen and oxygen atoms in total. The van der Waals surface area contributed by atoms with E-state index < -0.39 is 17.8 Å². The first-order chi connectivity index (χ1) is 13.8. The van der Waals surface area contributed by atoms with Crippen LogP contribution in [0, 0.1) is 6.92 Å². The van der Waals surface area contributed by atoms with Crippen LogP contribution < -0.4 is 10.7 Å². The SMILES string of the molecule is Cc1cc(=O)c2ccc(NC(c3cn[nH]c3)c3ccccc3C(F)(F)F)cc2o1. The largest absolute Gasteiger partial charge is 0.461 e. The van der Waals surface area contributed by atoms with Gasteiger partial charge in [0.1, 0.15) is 11.3 Å². The molecule has 148 valence electrons. The van der Waals surface area contributed by atoms with Crippen LogP contribution in [0.4, 0.5) is 18.9 Å². The molecule has 0 aliphatic heterocycles. The van der Waals surface area contributed by atoms with Crippen molar-refractivity contribution in [2.45, 2.75) is 19.1 Å². The summed E-state index contributed by atoms with van der Waals surface area (Å²) in [7, 11) is 0. The second-order valence-electron chi connectivity index (χ2n) is 6.63. The number of rotatable bonds is 4. The minimum absolute atomic E-state index is 0.0622. The molecule has 0 saturated heterocycles. The van der Waals surface area contributed by atoms with Crippen molar-refractivity contribution in [1.82, 2.24) is 10.2 Å². The van der Waals surface area contributed by atoms with E-state index in [4.69, 9.17) is 4.42 Å². The number of H-pyrrole nitrogens is 1. The van der Waals surface area contributed by atoms with Crippen molar-refractivity contribution in [2.75, 3.05) is 5.32 Å². The molecule has 0 spiro atoms. The summed E-state index contributed by atoms with van der Waals surface area (Å²) in [5.41, 5.74) is 0.551. The van der Waals surface area contributed by atoms with E-state index in [1.807, 2.05) is 0 Å². The maximum absolute atomic E-state index is 13.6. The van der Waals surface area contributed by atoms with Gasteiger partial charge in [0.25, 0.3) is 0 Å². The molecule has 4 rings (SSSR count). The van der Waals surface area contributed by atoms with E-state index in [1.54, 1.807) is 31.2 Å². The van der Waals surface area contributed by atoms with Gasteiger partial charge >= 0.3 is 6.18 Å². The van der Waals surface area contributed by atoms with Crippen LogP contribution in [-0.2, 0) is 6.18 Å². The fraction of sp³-hybridized carbons (Fsp3) is 0.143. The minimum atomic E-state index is -4.51. The lowest BCUT2D eigenvalue weighted by atomic mass is 9.95. The van der Waals surface area contributed by atoms with Gasteiger partial charge in [-0.15, -0.1) is 0 Å². The molecule has 0 bridgehead atoms. The van der Waals surface area contributed by atoms with Gasteiger partial charge in [-0.25, -0.2) is 0 Å². The molecule has 29 heavy (non-hydrogen) atoms. The average Bonchev–Trinajstić information content (AvgIpc) is 3.19. The molecule has 0 fully saturated rings. The molecule has 0 radical (unpaired) electrons. The molecular formula is C21H16F3N3O2. The maximum Gasteiger partial charge on any atom is 0.416 e. The van der Waals surface area contributed by atoms with Crippen molar-refractivity contribution in [1.29, 1.82) is 0 Å². The highest BCUT2D eigenvalue weighted by Crippen LogP contribution is 2.38. The number of aryl methyl sites for hydroxylation is 1. The molecule has 2 aromatic heterocycles. The highest BCUT2D eigenvalue weighted by atomic mass is 19.4. The van der Waals surface area contributed by atoms with E-state index >= 15 is 0 Å². The number of halogens is 3. The van der Waals surface area contributed by atoms with E-state index in [2.05, 4.69) is 15.5 Å². The van der Waals surface area contributed by atoms with Gasteiger partial charge in [0.05, 0.1) is 23.2 Å². The summed E-state index contributed by atoms with van der Waals surface area (Å²) in [6, 6.07) is 10.8. The number of nitrogens with one attached hydrogen (secondary N) is 2. The van der Waals surface area contributed by atoms with E-state index in [0.29, 0.717) is 28.0 Å². The van der Waals surface area contributed by atoms with Crippen LogP contribution in [0.3, 0.4) is 0 Å². The summed E-state index contributed by atoms with van der Waals surface area (Å²) in [6.45, 7) is 1.66. The normalized spacial score (nSPS) is 12.8. The Balaban J connectivity index is 1.81. The number of hydrogen-bond donors (Lipinski definition) is 2. The standard InChI is InChI=1S/C21H16F3N3O2/c1-12-8-18(28)16-7-6-14(9-19(16)29-12)27-20(13-10-25-26-11-13)15-4-2-3-5-17(15)21(22,23)24/h2-11,20,27H,1H3,(H,25,26). The second-order valence-corrected chi connectivity index (χ2v) is 6.63. The molecule has 2 aromatic carbocycles. The number of aromatic amines is 1. The summed E-state index contributed by atoms with van der Waals surface area (Å²) in [4.78, 5) is 12.1. The van der Waals surface area contributed by atoms with Crippen LogP contribution >= 0.6 is 0 Å². The molecule has 1 atom stereocenters. The van der Waals surface area contributed by atoms with Gasteiger partial charge < -0.3 is 9.73 Å². The van der Waals surface area contributed by atoms with Crippen LogP contribution in [-0.4, -0.2) is 10.2 Å². The van der Waals surface area contributed by atoms with Crippen LogP contribution in [0.1, 0.15) is 28.5 Å². The number of aromatic nitrogens is 2. The van der Waals surface area contributed by atoms with Gasteiger partial charge in [0.15, 0.2) is 5.43 Å². The van der Waals surface area contributed by atoms with Crippen LogP contribution in [0.25, 0.3) is 11.0 Å². The quantitative estimate of drug-likeness (QED) is 0.504. The maximum atomic E-state index is 13.6. The Labute approximate surface area is 163 Å². The molecule has 4 aromatic rings. The zero-order chi connectivity index (χ0) is 20.6. The Morgan fingerprint density at radius 2 is 1.93 bits per heavy atom. The topological polar surface area (TPSA) is 70.9 Å². The van der Waals surface area contributed by atoms with Crippen molar-refractivity contribution in [3.8, 4) is 0 Å². The van der Waals surface area contributed by atoms with Gasteiger partial charge in [-0.05, 0) is 30.7 Å². The predicted molar refractivity (Wildman–Crippen MR) is 103 cm³/mol. The Hall–Kier alpha value is -3.55. The summed E-state index contributed by atoms with van der Waals surface area (Å²) >= 11 is 0. The predicted octanol–water partition coefficient (Wildman–Crippen LogP) is 5.04. The summed E-state index contributed by atoms with van der Waals surface area (Å²) in [5, 5.41) is 10.0. The van der Waals surface area contributed by atoms with E-state index in [9.17, 15) is 18.0 Å². The fourth-order valence-electron chi connectivity index (χ4n) is 3.30. The molecule has 2 heterocycles. The van der Waals surface area contributed by atoms with Crippen molar-refractivity contribution in [3.05, 3.63) is 93.6 Å². The highest BCUT2D eigenvalue weighted by molar-refractivity contribution is 5.80. The van der Waals surface area contributed by atoms with Crippen LogP contribution in [0.5, 0.6) is 0 Å². The van der Waals surface area contributed by atoms with Gasteiger partial charge in [0, 0.05) is 29.6 Å². The molecular weight excluding hydrogens is 383 g/mol. The fourth-order valence-corrected chi connectivity index (χ4v) is 3.30. The van der Waals surface area contributed by atoms with Crippen LogP contribution in [0.15, 0.2) is 70.1 Å². The Morgan fingerprint density at radius 1 is 1.14 bits per heavy atom. The molecule has 0 aliphatic rings. The first-order valence-corrected chi connectivity index (χ1v) is 8.79. The Bertz CT molecular complexity index is 1210. The summed E-state index contributed by atoms with van der Waals surface area (Å²) in [6.07, 6.45) is -1.50. The van der Waals surface area contributed by atoms with Gasteiger partial charge in [-0.1, -0.05) is 18.2 Å². The number of benzene rings is 2. The van der Waals surface area contributed by atoms with Crippen molar-refractivity contribution < 1.29 is 17.6 Å². The number of anilines is 1. The molecule has 0 aliphatic carbocycles. The lowest BCUT2D eigenvalue weighted by Crippen LogP contribution is -2.18. The second kappa shape index (κ2) is 7.12. The lowest BCUT2D eigenvalue weighted by Gasteiger charge is -2.23. The van der Waals surface area contributed by atoms with Crippen LogP contribution in [0.2, 0.25) is 0 Å². The molecule has 8 heteroatoms. The summed E-state index contributed by atoms with van der Waals surface area (Å²) < 4.78 is 46.4. The Kier molecular flexibility index (Phi) is 4.62. The van der Waals surface area contributed by atoms with E-state index in [0.717, 1.165) is 6.07 Å². The zero-order valence-electron chi connectivity index (χ0n) is 15.2. The molecule has 1 unspecified atom stereocenters. The average molecular weight is 399 g/mol. The number of nitrogens with zero attached hydrogens (tertiary/aromatic N) is 1. The first-order valence-electron chi connectivity index (χ1n) is 8.79. The molecule has 0 amide bonds. The van der Waals surface area contributed by atoms with Gasteiger partial charge in [-0.3, -0.25) is 9.89 Å². The number of fused-ring (bicyclic) bond motifs is 1. The third kappa shape index (κ3) is 3.73. The van der Waals surface area contributed by atoms with Crippen molar-refractivity contribution >= 4 is 16.7 Å². The van der Waals surface area contributed by atoms with Gasteiger partial charge in [0.2, 0.25) is 0 Å². The van der Waals surface area contributed by atoms with Crippen molar-refractivity contribution in [2.24, 2.45) is 0 Å². The lowest BCUT2D eigenvalue weighted by molar-refractivity contribution is -0.138. The summed E-state index contributed by atoms with van der Waals surface area (Å²) in [5.74, 6) is 0.452. The monoisotopic (exact) mass is 399 g/mol. The molecule has 2 N–H and O–H groups in total. The number of alkyl halides is 3. The van der Waals surface area contributed by atoms with Gasteiger partial charge in [-0.2, -0.15) is 18.3 Å². The van der Waals surface area contributed by atoms with E-state index in [-0.39, 0.29) is 11.0 Å². The zero-order valence-corrected chi connectivity index (χ0v) is 15.2. The third-order valence-electron chi connectivity index (χ3n) is 4.59. The Morgan fingerprint density at radius 3 is 2.66 bits per heavy atom. The van der Waals surface area contributed by atoms with Crippen molar-refractivity contribution in [3.63, 3.8) is 0 Å². The van der Waals surface area contributed by atoms with E-state index in [1.165, 1.54) is 30.6 Å². The minimum Gasteiger partial charge on any atom is -0.461 e. The first kappa shape index (κ1) is 18.8. The smallest absolute Gasteiger partial charge is 0.416 e. The third-order valence-corrected chi connectivity index (χ3v) is 4.59. The molecule has 0 saturated carbocycles.